The molecular formula is C11H12ClN7O. The van der Waals surface area contributed by atoms with Crippen LogP contribution in [0.25, 0.3) is 11.2 Å². The Balaban J connectivity index is 2.16. The second-order valence-electron chi connectivity index (χ2n) is 4.16. The third-order valence-corrected chi connectivity index (χ3v) is 3.23. The number of methoxy groups -OCH3 is 1. The van der Waals surface area contributed by atoms with E-state index in [-0.39, 0.29) is 5.88 Å². The predicted octanol–water partition coefficient (Wildman–Crippen LogP) is 0.750. The average molecular weight is 294 g/mol. The SMILES string of the molecule is COc1ncnc2c1nc(CCl)n2Cc1nncn1C. The first-order valence-corrected chi connectivity index (χ1v) is 6.41. The van der Waals surface area contributed by atoms with Crippen LogP contribution in [0.1, 0.15) is 11.6 Å². The quantitative estimate of drug-likeness (QED) is 0.660. The maximum Gasteiger partial charge on any atom is 0.245 e. The Bertz CT molecular complexity index is 750. The lowest BCUT2D eigenvalue weighted by Crippen LogP contribution is -2.09. The van der Waals surface area contributed by atoms with Crippen LogP contribution in [0.2, 0.25) is 0 Å². The van der Waals surface area contributed by atoms with Crippen molar-refractivity contribution in [3.8, 4) is 5.88 Å². The van der Waals surface area contributed by atoms with Gasteiger partial charge in [0.05, 0.1) is 19.5 Å². The van der Waals surface area contributed by atoms with Gasteiger partial charge in [-0.2, -0.15) is 4.98 Å². The molecule has 0 aliphatic rings. The number of imidazole rings is 1. The van der Waals surface area contributed by atoms with Crippen molar-refractivity contribution >= 4 is 22.8 Å². The molecule has 0 unspecified atom stereocenters. The molecule has 0 amide bonds. The molecule has 0 atom stereocenters. The fourth-order valence-corrected chi connectivity index (χ4v) is 2.17. The van der Waals surface area contributed by atoms with E-state index < -0.39 is 0 Å². The van der Waals surface area contributed by atoms with Gasteiger partial charge in [-0.25, -0.2) is 9.97 Å². The molecule has 104 valence electrons. The number of hydrogen-bond acceptors (Lipinski definition) is 6. The van der Waals surface area contributed by atoms with Crippen molar-refractivity contribution in [2.75, 3.05) is 7.11 Å². The molecule has 0 fully saturated rings. The monoisotopic (exact) mass is 293 g/mol. The van der Waals surface area contributed by atoms with Crippen LogP contribution in [0.3, 0.4) is 0 Å². The highest BCUT2D eigenvalue weighted by atomic mass is 35.5. The van der Waals surface area contributed by atoms with Gasteiger partial charge in [-0.15, -0.1) is 21.8 Å². The van der Waals surface area contributed by atoms with E-state index in [2.05, 4.69) is 25.1 Å². The predicted molar refractivity (Wildman–Crippen MR) is 71.5 cm³/mol. The van der Waals surface area contributed by atoms with Gasteiger partial charge in [-0.05, 0) is 0 Å². The van der Waals surface area contributed by atoms with E-state index in [1.54, 1.807) is 13.4 Å². The number of hydrogen-bond donors (Lipinski definition) is 0. The molecule has 0 radical (unpaired) electrons. The molecule has 3 heterocycles. The van der Waals surface area contributed by atoms with Crippen LogP contribution >= 0.6 is 11.6 Å². The van der Waals surface area contributed by atoms with E-state index in [4.69, 9.17) is 16.3 Å². The summed E-state index contributed by atoms with van der Waals surface area (Å²) in [6.07, 6.45) is 3.08. The van der Waals surface area contributed by atoms with Gasteiger partial charge < -0.3 is 13.9 Å². The summed E-state index contributed by atoms with van der Waals surface area (Å²) < 4.78 is 8.92. The van der Waals surface area contributed by atoms with Gasteiger partial charge >= 0.3 is 0 Å². The zero-order valence-electron chi connectivity index (χ0n) is 11.0. The summed E-state index contributed by atoms with van der Waals surface area (Å²) in [5.74, 6) is 2.16. The summed E-state index contributed by atoms with van der Waals surface area (Å²) in [5, 5.41) is 7.92. The van der Waals surface area contributed by atoms with Crippen molar-refractivity contribution in [1.29, 1.82) is 0 Å². The lowest BCUT2D eigenvalue weighted by molar-refractivity contribution is 0.401. The van der Waals surface area contributed by atoms with Gasteiger partial charge in [0, 0.05) is 7.05 Å². The molecule has 0 saturated carbocycles. The number of aromatic nitrogens is 7. The molecule has 0 N–H and O–H groups in total. The van der Waals surface area contributed by atoms with Gasteiger partial charge in [0.15, 0.2) is 17.0 Å². The number of halogens is 1. The van der Waals surface area contributed by atoms with E-state index in [0.29, 0.717) is 29.4 Å². The number of fused-ring (bicyclic) bond motifs is 1. The number of rotatable bonds is 4. The molecule has 9 heteroatoms. The Morgan fingerprint density at radius 1 is 1.30 bits per heavy atom. The molecule has 3 aromatic heterocycles. The van der Waals surface area contributed by atoms with Crippen molar-refractivity contribution in [3.63, 3.8) is 0 Å². The second-order valence-corrected chi connectivity index (χ2v) is 4.43. The lowest BCUT2D eigenvalue weighted by Gasteiger charge is -2.06. The molecule has 20 heavy (non-hydrogen) atoms. The van der Waals surface area contributed by atoms with Crippen molar-refractivity contribution in [2.45, 2.75) is 12.4 Å². The van der Waals surface area contributed by atoms with Crippen molar-refractivity contribution in [3.05, 3.63) is 24.3 Å². The van der Waals surface area contributed by atoms with Crippen LogP contribution < -0.4 is 4.74 Å². The number of nitrogens with zero attached hydrogens (tertiary/aromatic N) is 7. The average Bonchev–Trinajstić information content (AvgIpc) is 3.03. The first kappa shape index (κ1) is 12.8. The number of aryl methyl sites for hydroxylation is 1. The van der Waals surface area contributed by atoms with Gasteiger partial charge in [-0.3, -0.25) is 0 Å². The fraction of sp³-hybridized carbons (Fsp3) is 0.364. The first-order valence-electron chi connectivity index (χ1n) is 5.87. The highest BCUT2D eigenvalue weighted by Crippen LogP contribution is 2.23. The molecule has 0 aliphatic carbocycles. The summed E-state index contributed by atoms with van der Waals surface area (Å²) in [4.78, 5) is 12.7. The van der Waals surface area contributed by atoms with Gasteiger partial charge in [-0.1, -0.05) is 0 Å². The zero-order valence-corrected chi connectivity index (χ0v) is 11.7. The van der Waals surface area contributed by atoms with Gasteiger partial charge in [0.2, 0.25) is 5.88 Å². The Kier molecular flexibility index (Phi) is 3.23. The highest BCUT2D eigenvalue weighted by molar-refractivity contribution is 6.16. The summed E-state index contributed by atoms with van der Waals surface area (Å²) in [6, 6.07) is 0. The molecule has 0 aromatic carbocycles. The summed E-state index contributed by atoms with van der Waals surface area (Å²) >= 11 is 5.96. The summed E-state index contributed by atoms with van der Waals surface area (Å²) in [7, 11) is 3.42. The Morgan fingerprint density at radius 3 is 2.80 bits per heavy atom. The molecule has 0 spiro atoms. The molecule has 8 nitrogen and oxygen atoms in total. The van der Waals surface area contributed by atoms with E-state index >= 15 is 0 Å². The molecular weight excluding hydrogens is 282 g/mol. The van der Waals surface area contributed by atoms with Crippen molar-refractivity contribution in [2.24, 2.45) is 7.05 Å². The van der Waals surface area contributed by atoms with E-state index in [9.17, 15) is 0 Å². The Labute approximate surface area is 119 Å². The van der Waals surface area contributed by atoms with Crippen LogP contribution in [0.15, 0.2) is 12.7 Å². The van der Waals surface area contributed by atoms with Crippen LogP contribution in [-0.4, -0.2) is 41.4 Å². The molecule has 3 rings (SSSR count). The number of ether oxygens (including phenoxy) is 1. The Hall–Kier alpha value is -2.22. The smallest absolute Gasteiger partial charge is 0.245 e. The summed E-state index contributed by atoms with van der Waals surface area (Å²) in [6.45, 7) is 0.481. The van der Waals surface area contributed by atoms with Crippen LogP contribution in [-0.2, 0) is 19.5 Å². The normalized spacial score (nSPS) is 11.2. The highest BCUT2D eigenvalue weighted by Gasteiger charge is 2.17. The minimum Gasteiger partial charge on any atom is -0.479 e. The number of alkyl halides is 1. The van der Waals surface area contributed by atoms with E-state index in [0.717, 1.165) is 5.82 Å². The summed E-state index contributed by atoms with van der Waals surface area (Å²) in [5.41, 5.74) is 1.25. The van der Waals surface area contributed by atoms with E-state index in [1.165, 1.54) is 6.33 Å². The zero-order chi connectivity index (χ0) is 14.1. The van der Waals surface area contributed by atoms with Crippen LogP contribution in [0.5, 0.6) is 5.88 Å². The molecule has 3 aromatic rings. The molecule has 0 aliphatic heterocycles. The Morgan fingerprint density at radius 2 is 2.15 bits per heavy atom. The lowest BCUT2D eigenvalue weighted by atomic mass is 10.5. The van der Waals surface area contributed by atoms with Crippen molar-refractivity contribution < 1.29 is 4.74 Å². The third-order valence-electron chi connectivity index (χ3n) is 3.00. The topological polar surface area (TPSA) is 83.5 Å². The standard InChI is InChI=1S/C11H12ClN7O/c1-18-6-15-17-8(18)4-19-7(3-12)16-9-10(19)13-5-14-11(9)20-2/h5-6H,3-4H2,1-2H3. The van der Waals surface area contributed by atoms with Crippen molar-refractivity contribution in [1.82, 2.24) is 34.3 Å². The second kappa shape index (κ2) is 5.04. The minimum atomic E-state index is 0.261. The van der Waals surface area contributed by atoms with Gasteiger partial charge in [0.25, 0.3) is 0 Å². The van der Waals surface area contributed by atoms with E-state index in [1.807, 2.05) is 16.2 Å². The minimum absolute atomic E-state index is 0.261. The fourth-order valence-electron chi connectivity index (χ4n) is 1.97. The third kappa shape index (κ3) is 1.97. The first-order chi connectivity index (χ1) is 9.74. The maximum atomic E-state index is 5.96. The maximum absolute atomic E-state index is 5.96. The molecule has 0 saturated heterocycles. The van der Waals surface area contributed by atoms with Gasteiger partial charge in [0.1, 0.15) is 18.5 Å². The molecule has 0 bridgehead atoms. The van der Waals surface area contributed by atoms with Crippen LogP contribution in [0.4, 0.5) is 0 Å². The largest absolute Gasteiger partial charge is 0.479 e. The van der Waals surface area contributed by atoms with Crippen LogP contribution in [0, 0.1) is 0 Å².